The fraction of sp³-hybridized carbons (Fsp3) is 0.350. The van der Waals surface area contributed by atoms with Gasteiger partial charge in [-0.1, -0.05) is 30.3 Å². The molecule has 2 aromatic carbocycles. The van der Waals surface area contributed by atoms with Crippen LogP contribution in [0.3, 0.4) is 0 Å². The van der Waals surface area contributed by atoms with Gasteiger partial charge in [0.05, 0.1) is 11.5 Å². The smallest absolute Gasteiger partial charge is 0.269 e. The summed E-state index contributed by atoms with van der Waals surface area (Å²) in [6.45, 7) is 7.07. The number of guanidine groups is 1. The predicted octanol–water partition coefficient (Wildman–Crippen LogP) is 3.50. The van der Waals surface area contributed by atoms with Gasteiger partial charge in [0.2, 0.25) is 0 Å². The Morgan fingerprint density at radius 2 is 1.71 bits per heavy atom. The van der Waals surface area contributed by atoms with Crippen molar-refractivity contribution in [3.63, 3.8) is 0 Å². The first-order chi connectivity index (χ1) is 13.2. The van der Waals surface area contributed by atoms with Gasteiger partial charge in [-0.15, -0.1) is 24.0 Å². The minimum absolute atomic E-state index is 0. The molecule has 8 heteroatoms. The zero-order valence-corrected chi connectivity index (χ0v) is 18.3. The van der Waals surface area contributed by atoms with Crippen molar-refractivity contribution in [1.82, 2.24) is 10.2 Å². The normalized spacial score (nSPS) is 14.4. The Balaban J connectivity index is 0.00000280. The maximum atomic E-state index is 10.8. The van der Waals surface area contributed by atoms with Gasteiger partial charge < -0.3 is 15.1 Å². The van der Waals surface area contributed by atoms with E-state index >= 15 is 0 Å². The van der Waals surface area contributed by atoms with Crippen molar-refractivity contribution in [2.45, 2.75) is 13.5 Å². The molecule has 7 nitrogen and oxygen atoms in total. The van der Waals surface area contributed by atoms with Crippen LogP contribution in [0.5, 0.6) is 0 Å². The van der Waals surface area contributed by atoms with Crippen LogP contribution in [-0.4, -0.2) is 48.5 Å². The van der Waals surface area contributed by atoms with E-state index < -0.39 is 0 Å². The van der Waals surface area contributed by atoms with E-state index in [1.165, 1.54) is 17.8 Å². The predicted molar refractivity (Wildman–Crippen MR) is 124 cm³/mol. The molecule has 0 aromatic heterocycles. The lowest BCUT2D eigenvalue weighted by atomic mass is 10.2. The van der Waals surface area contributed by atoms with Gasteiger partial charge in [-0.3, -0.25) is 10.1 Å². The highest BCUT2D eigenvalue weighted by molar-refractivity contribution is 14.0. The fourth-order valence-electron chi connectivity index (χ4n) is 3.13. The number of hydrogen-bond acceptors (Lipinski definition) is 4. The number of hydrogen-bond donors (Lipinski definition) is 1. The van der Waals surface area contributed by atoms with Gasteiger partial charge in [-0.05, 0) is 24.6 Å². The van der Waals surface area contributed by atoms with Crippen LogP contribution < -0.4 is 10.2 Å². The van der Waals surface area contributed by atoms with E-state index in [9.17, 15) is 10.1 Å². The van der Waals surface area contributed by atoms with E-state index in [1.54, 1.807) is 12.1 Å². The SMILES string of the molecule is CCNC(=NCc1ccc([N+](=O)[O-])cc1)N1CCN(c2ccccc2)CC1.I. The Morgan fingerprint density at radius 1 is 1.07 bits per heavy atom. The number of nitro benzene ring substituents is 1. The van der Waals surface area contributed by atoms with E-state index in [2.05, 4.69) is 46.3 Å². The third-order valence-corrected chi connectivity index (χ3v) is 4.59. The summed E-state index contributed by atoms with van der Waals surface area (Å²) in [6, 6.07) is 17.0. The monoisotopic (exact) mass is 495 g/mol. The average Bonchev–Trinajstić information content (AvgIpc) is 2.72. The molecular weight excluding hydrogens is 469 g/mol. The minimum atomic E-state index is -0.386. The zero-order valence-electron chi connectivity index (χ0n) is 16.0. The Hall–Kier alpha value is -2.36. The quantitative estimate of drug-likeness (QED) is 0.226. The summed E-state index contributed by atoms with van der Waals surface area (Å²) in [4.78, 5) is 19.8. The summed E-state index contributed by atoms with van der Waals surface area (Å²) in [5.41, 5.74) is 2.32. The highest BCUT2D eigenvalue weighted by Gasteiger charge is 2.19. The zero-order chi connectivity index (χ0) is 19.1. The molecular formula is C20H26IN5O2. The van der Waals surface area contributed by atoms with Gasteiger partial charge in [0.25, 0.3) is 5.69 Å². The number of nitrogens with one attached hydrogen (secondary N) is 1. The summed E-state index contributed by atoms with van der Waals surface area (Å²) < 4.78 is 0. The molecule has 1 aliphatic rings. The van der Waals surface area contributed by atoms with Crippen LogP contribution >= 0.6 is 24.0 Å². The van der Waals surface area contributed by atoms with Crippen molar-refractivity contribution in [3.05, 3.63) is 70.3 Å². The molecule has 1 heterocycles. The summed E-state index contributed by atoms with van der Waals surface area (Å²) in [7, 11) is 0. The molecule has 1 aliphatic heterocycles. The second-order valence-corrected chi connectivity index (χ2v) is 6.40. The molecule has 2 aromatic rings. The first kappa shape index (κ1) is 21.9. The minimum Gasteiger partial charge on any atom is -0.368 e. The van der Waals surface area contributed by atoms with Gasteiger partial charge in [-0.2, -0.15) is 0 Å². The van der Waals surface area contributed by atoms with Crippen molar-refractivity contribution < 1.29 is 4.92 Å². The van der Waals surface area contributed by atoms with Crippen LogP contribution in [0.1, 0.15) is 12.5 Å². The summed E-state index contributed by atoms with van der Waals surface area (Å²) in [5.74, 6) is 0.892. The molecule has 0 amide bonds. The summed E-state index contributed by atoms with van der Waals surface area (Å²) in [5, 5.41) is 14.1. The number of aliphatic imine (C=N–C) groups is 1. The van der Waals surface area contributed by atoms with Crippen molar-refractivity contribution in [2.24, 2.45) is 4.99 Å². The highest BCUT2D eigenvalue weighted by Crippen LogP contribution is 2.16. The first-order valence-electron chi connectivity index (χ1n) is 9.24. The highest BCUT2D eigenvalue weighted by atomic mass is 127. The molecule has 0 aliphatic carbocycles. The molecule has 0 saturated carbocycles. The molecule has 0 bridgehead atoms. The molecule has 1 N–H and O–H groups in total. The van der Waals surface area contributed by atoms with Crippen LogP contribution in [0.2, 0.25) is 0 Å². The number of nitrogens with zero attached hydrogens (tertiary/aromatic N) is 4. The van der Waals surface area contributed by atoms with Gasteiger partial charge in [0.15, 0.2) is 5.96 Å². The third-order valence-electron chi connectivity index (χ3n) is 4.59. The van der Waals surface area contributed by atoms with Crippen LogP contribution in [0, 0.1) is 10.1 Å². The Kier molecular flexibility index (Phi) is 8.49. The van der Waals surface area contributed by atoms with Gasteiger partial charge >= 0.3 is 0 Å². The van der Waals surface area contributed by atoms with E-state index in [0.29, 0.717) is 6.54 Å². The molecule has 1 fully saturated rings. The largest absolute Gasteiger partial charge is 0.368 e. The molecule has 0 spiro atoms. The van der Waals surface area contributed by atoms with Crippen LogP contribution in [-0.2, 0) is 6.54 Å². The molecule has 28 heavy (non-hydrogen) atoms. The molecule has 150 valence electrons. The van der Waals surface area contributed by atoms with Gasteiger partial charge in [-0.25, -0.2) is 4.99 Å². The maximum Gasteiger partial charge on any atom is 0.269 e. The van der Waals surface area contributed by atoms with Crippen molar-refractivity contribution in [2.75, 3.05) is 37.6 Å². The number of rotatable bonds is 5. The first-order valence-corrected chi connectivity index (χ1v) is 9.24. The van der Waals surface area contributed by atoms with Crippen LogP contribution in [0.15, 0.2) is 59.6 Å². The number of benzene rings is 2. The lowest BCUT2D eigenvalue weighted by Crippen LogP contribution is -2.52. The summed E-state index contributed by atoms with van der Waals surface area (Å²) in [6.07, 6.45) is 0. The van der Waals surface area contributed by atoms with E-state index in [0.717, 1.165) is 44.2 Å². The molecule has 0 atom stereocenters. The van der Waals surface area contributed by atoms with E-state index in [4.69, 9.17) is 4.99 Å². The summed E-state index contributed by atoms with van der Waals surface area (Å²) >= 11 is 0. The molecule has 0 unspecified atom stereocenters. The lowest BCUT2D eigenvalue weighted by Gasteiger charge is -2.37. The van der Waals surface area contributed by atoms with Crippen molar-refractivity contribution in [3.8, 4) is 0 Å². The van der Waals surface area contributed by atoms with E-state index in [1.807, 2.05) is 6.07 Å². The van der Waals surface area contributed by atoms with Crippen molar-refractivity contribution >= 4 is 41.3 Å². The third kappa shape index (κ3) is 5.82. The average molecular weight is 495 g/mol. The number of anilines is 1. The number of piperazine rings is 1. The Labute approximate surface area is 182 Å². The molecule has 1 saturated heterocycles. The maximum absolute atomic E-state index is 10.8. The second kappa shape index (κ2) is 10.8. The molecule has 3 rings (SSSR count). The van der Waals surface area contributed by atoms with Crippen LogP contribution in [0.25, 0.3) is 0 Å². The lowest BCUT2D eigenvalue weighted by molar-refractivity contribution is -0.384. The Morgan fingerprint density at radius 3 is 2.29 bits per heavy atom. The standard InChI is InChI=1S/C20H25N5O2.HI/c1-2-21-20(22-16-17-8-10-19(11-9-17)25(26)27)24-14-12-23(13-15-24)18-6-4-3-5-7-18;/h3-11H,2,12-16H2,1H3,(H,21,22);1H. The number of nitro groups is 1. The fourth-order valence-corrected chi connectivity index (χ4v) is 3.13. The second-order valence-electron chi connectivity index (χ2n) is 6.40. The number of halogens is 1. The molecule has 0 radical (unpaired) electrons. The van der Waals surface area contributed by atoms with E-state index in [-0.39, 0.29) is 34.6 Å². The number of para-hydroxylation sites is 1. The van der Waals surface area contributed by atoms with Crippen LogP contribution in [0.4, 0.5) is 11.4 Å². The topological polar surface area (TPSA) is 74.0 Å². The van der Waals surface area contributed by atoms with Gasteiger partial charge in [0, 0.05) is 50.5 Å². The number of non-ortho nitro benzene ring substituents is 1. The van der Waals surface area contributed by atoms with Gasteiger partial charge in [0.1, 0.15) is 0 Å². The van der Waals surface area contributed by atoms with Crippen molar-refractivity contribution in [1.29, 1.82) is 0 Å². The Bertz CT molecular complexity index is 775.